The largest absolute Gasteiger partial charge is 0.504 e. The van der Waals surface area contributed by atoms with Crippen molar-refractivity contribution in [1.82, 2.24) is 39.3 Å². The molecule has 1 aliphatic rings. The van der Waals surface area contributed by atoms with Crippen molar-refractivity contribution in [2.24, 2.45) is 0 Å². The molecule has 5 aromatic rings. The third-order valence-electron chi connectivity index (χ3n) is 8.91. The number of piperazine rings is 1. The lowest BCUT2D eigenvalue weighted by Crippen LogP contribution is -2.50. The van der Waals surface area contributed by atoms with Gasteiger partial charge in [0.25, 0.3) is 5.91 Å². The summed E-state index contributed by atoms with van der Waals surface area (Å²) in [6, 6.07) is 7.05. The Balaban J connectivity index is 1.39. The monoisotopic (exact) mass is 770 g/mol. The van der Waals surface area contributed by atoms with Crippen LogP contribution in [-0.4, -0.2) is 96.5 Å². The zero-order chi connectivity index (χ0) is 39.1. The number of rotatable bonds is 9. The van der Waals surface area contributed by atoms with Gasteiger partial charge in [-0.25, -0.2) is 14.4 Å². The zero-order valence-corrected chi connectivity index (χ0v) is 30.3. The molecule has 2 amide bonds. The average Bonchev–Trinajstić information content (AvgIpc) is 3.56. The molecule has 14 nitrogen and oxygen atoms in total. The van der Waals surface area contributed by atoms with Crippen LogP contribution in [0.15, 0.2) is 47.5 Å². The number of pyridine rings is 1. The van der Waals surface area contributed by atoms with Crippen LogP contribution < -0.4 is 15.6 Å². The van der Waals surface area contributed by atoms with Crippen molar-refractivity contribution >= 4 is 46.0 Å². The lowest BCUT2D eigenvalue weighted by atomic mass is 10.1. The van der Waals surface area contributed by atoms with E-state index in [1.165, 1.54) is 27.9 Å². The minimum Gasteiger partial charge on any atom is -0.504 e. The number of benzene rings is 2. The van der Waals surface area contributed by atoms with Gasteiger partial charge in [-0.05, 0) is 63.3 Å². The Morgan fingerprint density at radius 3 is 2.39 bits per heavy atom. The van der Waals surface area contributed by atoms with Crippen LogP contribution in [0.3, 0.4) is 0 Å². The van der Waals surface area contributed by atoms with Crippen LogP contribution in [-0.2, 0) is 30.5 Å². The number of carbonyl (C=O) groups is 2. The van der Waals surface area contributed by atoms with E-state index in [2.05, 4.69) is 25.5 Å². The summed E-state index contributed by atoms with van der Waals surface area (Å²) in [5.41, 5.74) is -0.495. The summed E-state index contributed by atoms with van der Waals surface area (Å²) >= 11 is 6.12. The number of fused-ring (bicyclic) bond motifs is 1. The highest BCUT2D eigenvalue weighted by Gasteiger charge is 2.32. The summed E-state index contributed by atoms with van der Waals surface area (Å²) in [4.78, 5) is 55.1. The van der Waals surface area contributed by atoms with Crippen molar-refractivity contribution in [3.63, 3.8) is 0 Å². The minimum absolute atomic E-state index is 0.0329. The smallest absolute Gasteiger partial charge is 0.416 e. The van der Waals surface area contributed by atoms with E-state index in [0.717, 1.165) is 16.9 Å². The quantitative estimate of drug-likeness (QED) is 0.206. The molecule has 4 heterocycles. The number of aromatic hydroxyl groups is 1. The van der Waals surface area contributed by atoms with Crippen molar-refractivity contribution in [3.8, 4) is 11.4 Å². The predicted octanol–water partition coefficient (Wildman–Crippen LogP) is 4.42. The Labute approximate surface area is 310 Å². The van der Waals surface area contributed by atoms with Gasteiger partial charge in [0.05, 0.1) is 22.0 Å². The highest BCUT2D eigenvalue weighted by atomic mass is 35.5. The molecule has 1 aliphatic heterocycles. The van der Waals surface area contributed by atoms with Crippen LogP contribution in [0.2, 0.25) is 5.02 Å². The Bertz CT molecular complexity index is 2320. The number of nitrogens with zero attached hydrogens (tertiary/aromatic N) is 9. The van der Waals surface area contributed by atoms with Crippen LogP contribution in [0.1, 0.15) is 39.9 Å². The van der Waals surface area contributed by atoms with Crippen molar-refractivity contribution in [3.05, 3.63) is 92.0 Å². The van der Waals surface area contributed by atoms with Crippen molar-refractivity contribution in [2.75, 3.05) is 50.5 Å². The van der Waals surface area contributed by atoms with Gasteiger partial charge in [0.15, 0.2) is 28.4 Å². The number of alkyl halides is 3. The highest BCUT2D eigenvalue weighted by Crippen LogP contribution is 2.34. The normalized spacial score (nSPS) is 13.6. The molecule has 0 saturated carbocycles. The van der Waals surface area contributed by atoms with Gasteiger partial charge in [-0.3, -0.25) is 14.4 Å². The third kappa shape index (κ3) is 7.56. The number of halogens is 5. The summed E-state index contributed by atoms with van der Waals surface area (Å²) in [5, 5.41) is 21.4. The lowest BCUT2D eigenvalue weighted by molar-refractivity contribution is -0.137. The van der Waals surface area contributed by atoms with Gasteiger partial charge in [0, 0.05) is 38.4 Å². The average molecular weight is 771 g/mol. The number of hydrogen-bond acceptors (Lipinski definition) is 10. The lowest BCUT2D eigenvalue weighted by Gasteiger charge is -2.36. The van der Waals surface area contributed by atoms with Gasteiger partial charge in [0.2, 0.25) is 11.3 Å². The molecular weight excluding hydrogens is 736 g/mol. The molecule has 0 aliphatic carbocycles. The molecule has 54 heavy (non-hydrogen) atoms. The minimum atomic E-state index is -4.65. The first kappa shape index (κ1) is 38.1. The molecule has 2 N–H and O–H groups in total. The summed E-state index contributed by atoms with van der Waals surface area (Å²) in [7, 11) is 3.68. The first-order valence-corrected chi connectivity index (χ1v) is 17.1. The number of aryl methyl sites for hydroxylation is 1. The second-order valence-electron chi connectivity index (χ2n) is 12.9. The number of amides is 2. The molecule has 0 unspecified atom stereocenters. The van der Waals surface area contributed by atoms with E-state index < -0.39 is 41.3 Å². The molecule has 284 valence electrons. The fourth-order valence-electron chi connectivity index (χ4n) is 6.30. The SMILES string of the molecule is CCc1c(N2CCN(C(=O)c3ncnc(C)c3O)CC2)c(=O)c2nn(-c3ccc(CN(C)C)cc3F)nc2n1CC(=O)Nc1ccc(C(F)(F)F)cc1Cl. The number of anilines is 2. The summed E-state index contributed by atoms with van der Waals surface area (Å²) < 4.78 is 56.7. The number of carbonyl (C=O) groups excluding carboxylic acids is 2. The molecule has 2 aromatic carbocycles. The van der Waals surface area contributed by atoms with E-state index >= 15 is 4.39 Å². The van der Waals surface area contributed by atoms with Gasteiger partial charge in [0.1, 0.15) is 24.2 Å². The van der Waals surface area contributed by atoms with Crippen LogP contribution in [0, 0.1) is 12.7 Å². The third-order valence-corrected chi connectivity index (χ3v) is 9.22. The van der Waals surface area contributed by atoms with Crippen molar-refractivity contribution in [2.45, 2.75) is 39.5 Å². The van der Waals surface area contributed by atoms with Crippen molar-refractivity contribution in [1.29, 1.82) is 0 Å². The first-order chi connectivity index (χ1) is 25.6. The molecule has 0 radical (unpaired) electrons. The van der Waals surface area contributed by atoms with Crippen LogP contribution in [0.25, 0.3) is 16.9 Å². The van der Waals surface area contributed by atoms with Crippen LogP contribution >= 0.6 is 11.6 Å². The van der Waals surface area contributed by atoms with E-state index in [1.807, 2.05) is 19.0 Å². The maximum atomic E-state index is 15.5. The molecule has 6 rings (SSSR count). The topological polar surface area (TPSA) is 155 Å². The predicted molar refractivity (Wildman–Crippen MR) is 191 cm³/mol. The van der Waals surface area contributed by atoms with Gasteiger partial charge in [-0.1, -0.05) is 24.6 Å². The Morgan fingerprint density at radius 1 is 1.04 bits per heavy atom. The van der Waals surface area contributed by atoms with Gasteiger partial charge >= 0.3 is 6.18 Å². The van der Waals surface area contributed by atoms with Gasteiger partial charge in [-0.15, -0.1) is 15.0 Å². The van der Waals surface area contributed by atoms with Crippen molar-refractivity contribution < 1.29 is 32.3 Å². The second-order valence-corrected chi connectivity index (χ2v) is 13.3. The number of aromatic nitrogens is 6. The molecule has 19 heteroatoms. The van der Waals surface area contributed by atoms with E-state index in [-0.39, 0.29) is 83.0 Å². The molecule has 0 bridgehead atoms. The Hall–Kier alpha value is -5.62. The summed E-state index contributed by atoms with van der Waals surface area (Å²) in [5.74, 6) is -2.19. The Morgan fingerprint density at radius 2 is 1.76 bits per heavy atom. The van der Waals surface area contributed by atoms with Gasteiger partial charge < -0.3 is 29.7 Å². The second kappa shape index (κ2) is 15.0. The molecule has 1 saturated heterocycles. The first-order valence-electron chi connectivity index (χ1n) is 16.7. The maximum Gasteiger partial charge on any atom is 0.416 e. The molecule has 0 spiro atoms. The van der Waals surface area contributed by atoms with Crippen LogP contribution in [0.5, 0.6) is 5.75 Å². The fraction of sp³-hybridized carbons (Fsp3) is 0.343. The maximum absolute atomic E-state index is 15.5. The van der Waals surface area contributed by atoms with E-state index in [4.69, 9.17) is 11.6 Å². The standard InChI is InChI=1S/C35H35ClF4N10O4/c1-5-25-30(47-10-12-48(13-11-47)34(54)29-31(52)19(2)41-18-42-29)32(53)28-33(45-50(44-28)26-9-6-20(14-23(26)37)16-46(3)4)49(25)17-27(51)43-24-8-7-21(15-22(24)36)35(38,39)40/h6-9,14-15,18,52H,5,10-13,16-17H2,1-4H3,(H,43,51). The number of hydrogen-bond donors (Lipinski definition) is 2. The zero-order valence-electron chi connectivity index (χ0n) is 29.6. The van der Waals surface area contributed by atoms with E-state index in [1.54, 1.807) is 24.8 Å². The fourth-order valence-corrected chi connectivity index (χ4v) is 6.53. The summed E-state index contributed by atoms with van der Waals surface area (Å²) in [6.07, 6.45) is -3.25. The molecule has 3 aromatic heterocycles. The Kier molecular flexibility index (Phi) is 10.6. The molecule has 0 atom stereocenters. The van der Waals surface area contributed by atoms with Gasteiger partial charge in [-0.2, -0.15) is 13.2 Å². The van der Waals surface area contributed by atoms with Crippen LogP contribution in [0.4, 0.5) is 28.9 Å². The number of nitrogens with one attached hydrogen (secondary N) is 1. The van der Waals surface area contributed by atoms with E-state index in [0.29, 0.717) is 23.9 Å². The summed E-state index contributed by atoms with van der Waals surface area (Å²) in [6.45, 7) is 3.94. The molecular formula is C35H35ClF4N10O4. The molecule has 1 fully saturated rings. The highest BCUT2D eigenvalue weighted by molar-refractivity contribution is 6.33. The van der Waals surface area contributed by atoms with E-state index in [9.17, 15) is 32.7 Å².